The van der Waals surface area contributed by atoms with Crippen LogP contribution in [0, 0.1) is 0 Å². The molecule has 1 heterocycles. The first-order chi connectivity index (χ1) is 8.49. The van der Waals surface area contributed by atoms with Gasteiger partial charge in [0.05, 0.1) is 0 Å². The van der Waals surface area contributed by atoms with E-state index < -0.39 is 5.91 Å². The molecule has 0 aliphatic carbocycles. The van der Waals surface area contributed by atoms with Crippen molar-refractivity contribution >= 4 is 23.6 Å². The Balaban J connectivity index is 2.39. The Bertz CT molecular complexity index is 453. The fourth-order valence-electron chi connectivity index (χ4n) is 1.20. The maximum Gasteiger partial charge on any atom is 0.287 e. The summed E-state index contributed by atoms with van der Waals surface area (Å²) >= 11 is 0. The molecule has 0 spiro atoms. The van der Waals surface area contributed by atoms with E-state index in [0.29, 0.717) is 13.1 Å². The molecule has 1 rings (SSSR count). The van der Waals surface area contributed by atoms with Gasteiger partial charge in [0.25, 0.3) is 5.91 Å². The third-order valence-corrected chi connectivity index (χ3v) is 1.91. The minimum Gasteiger partial charge on any atom is -0.435 e. The van der Waals surface area contributed by atoms with E-state index in [1.54, 1.807) is 0 Å². The minimum atomic E-state index is -0.406. The topological polar surface area (TPSA) is 100 Å². The van der Waals surface area contributed by atoms with Crippen molar-refractivity contribution in [3.05, 3.63) is 17.9 Å². The quantitative estimate of drug-likeness (QED) is 0.648. The van der Waals surface area contributed by atoms with E-state index in [1.165, 1.54) is 26.0 Å². The van der Waals surface area contributed by atoms with Crippen LogP contribution in [0.5, 0.6) is 0 Å². The highest BCUT2D eigenvalue weighted by Gasteiger charge is 2.10. The number of furan rings is 1. The summed E-state index contributed by atoms with van der Waals surface area (Å²) in [6.45, 7) is 3.39. The van der Waals surface area contributed by atoms with Gasteiger partial charge in [0, 0.05) is 33.0 Å². The molecule has 1 aromatic rings. The van der Waals surface area contributed by atoms with Crippen LogP contribution in [-0.4, -0.2) is 30.8 Å². The van der Waals surface area contributed by atoms with Crippen molar-refractivity contribution in [1.82, 2.24) is 10.6 Å². The molecule has 0 fully saturated rings. The van der Waals surface area contributed by atoms with Crippen LogP contribution in [-0.2, 0) is 9.59 Å². The lowest BCUT2D eigenvalue weighted by Crippen LogP contribution is -2.33. The van der Waals surface area contributed by atoms with Crippen LogP contribution in [0.2, 0.25) is 0 Å². The molecule has 0 bridgehead atoms. The van der Waals surface area contributed by atoms with Gasteiger partial charge >= 0.3 is 0 Å². The number of hydrogen-bond acceptors (Lipinski definition) is 4. The van der Waals surface area contributed by atoms with Crippen LogP contribution in [0.4, 0.5) is 5.88 Å². The normalized spacial score (nSPS) is 9.67. The Morgan fingerprint density at radius 1 is 1.06 bits per heavy atom. The molecular formula is C11H15N3O4. The first-order valence-electron chi connectivity index (χ1n) is 5.39. The molecule has 0 unspecified atom stereocenters. The smallest absolute Gasteiger partial charge is 0.287 e. The lowest BCUT2D eigenvalue weighted by molar-refractivity contribution is -0.119. The number of nitrogens with one attached hydrogen (secondary N) is 3. The molecule has 0 saturated heterocycles. The summed E-state index contributed by atoms with van der Waals surface area (Å²) in [7, 11) is 0. The van der Waals surface area contributed by atoms with Crippen molar-refractivity contribution in [3.63, 3.8) is 0 Å². The third kappa shape index (κ3) is 4.69. The zero-order valence-electron chi connectivity index (χ0n) is 10.2. The zero-order valence-corrected chi connectivity index (χ0v) is 10.2. The number of carbonyl (C=O) groups is 3. The molecule has 0 aromatic carbocycles. The SMILES string of the molecule is CC(=O)NCCNC(=O)c1ccc(NC(C)=O)o1. The van der Waals surface area contributed by atoms with E-state index in [1.807, 2.05) is 0 Å². The highest BCUT2D eigenvalue weighted by Crippen LogP contribution is 2.12. The molecule has 18 heavy (non-hydrogen) atoms. The average molecular weight is 253 g/mol. The van der Waals surface area contributed by atoms with Gasteiger partial charge < -0.3 is 15.1 Å². The van der Waals surface area contributed by atoms with Gasteiger partial charge in [0.2, 0.25) is 11.8 Å². The lowest BCUT2D eigenvalue weighted by atomic mass is 10.4. The Kier molecular flexibility index (Phi) is 4.91. The van der Waals surface area contributed by atoms with Crippen LogP contribution >= 0.6 is 0 Å². The van der Waals surface area contributed by atoms with Crippen molar-refractivity contribution in [1.29, 1.82) is 0 Å². The highest BCUT2D eigenvalue weighted by molar-refractivity contribution is 5.93. The van der Waals surface area contributed by atoms with Gasteiger partial charge in [0.1, 0.15) is 0 Å². The van der Waals surface area contributed by atoms with Crippen LogP contribution < -0.4 is 16.0 Å². The Morgan fingerprint density at radius 3 is 2.33 bits per heavy atom. The van der Waals surface area contributed by atoms with Crippen molar-refractivity contribution in [2.24, 2.45) is 0 Å². The Hall–Kier alpha value is -2.31. The minimum absolute atomic E-state index is 0.0987. The lowest BCUT2D eigenvalue weighted by Gasteiger charge is -2.03. The second kappa shape index (κ2) is 6.43. The van der Waals surface area contributed by atoms with Gasteiger partial charge in [-0.15, -0.1) is 0 Å². The fourth-order valence-corrected chi connectivity index (χ4v) is 1.20. The largest absolute Gasteiger partial charge is 0.435 e. The molecule has 1 aromatic heterocycles. The van der Waals surface area contributed by atoms with Gasteiger partial charge in [-0.3, -0.25) is 19.7 Å². The molecule has 0 aliphatic rings. The molecule has 0 radical (unpaired) electrons. The van der Waals surface area contributed by atoms with E-state index in [-0.39, 0.29) is 23.5 Å². The summed E-state index contributed by atoms with van der Waals surface area (Å²) < 4.78 is 5.10. The Labute approximate surface area is 104 Å². The summed E-state index contributed by atoms with van der Waals surface area (Å²) in [4.78, 5) is 32.9. The average Bonchev–Trinajstić information content (AvgIpc) is 2.71. The standard InChI is InChI=1S/C11H15N3O4/c1-7(15)12-5-6-13-11(17)9-3-4-10(18-9)14-8(2)16/h3-4H,5-6H2,1-2H3,(H,12,15)(H,13,17)(H,14,16). The number of hydrogen-bond donors (Lipinski definition) is 3. The summed E-state index contributed by atoms with van der Waals surface area (Å²) in [5, 5.41) is 7.52. The fraction of sp³-hybridized carbons (Fsp3) is 0.364. The van der Waals surface area contributed by atoms with Gasteiger partial charge in [-0.25, -0.2) is 0 Å². The second-order valence-electron chi connectivity index (χ2n) is 3.58. The van der Waals surface area contributed by atoms with Crippen LogP contribution in [0.1, 0.15) is 24.4 Å². The predicted octanol–water partition coefficient (Wildman–Crippen LogP) is 0.104. The second-order valence-corrected chi connectivity index (χ2v) is 3.58. The van der Waals surface area contributed by atoms with Gasteiger partial charge in [-0.2, -0.15) is 0 Å². The molecule has 0 atom stereocenters. The number of carbonyl (C=O) groups excluding carboxylic acids is 3. The maximum absolute atomic E-state index is 11.6. The molecule has 98 valence electrons. The molecule has 3 amide bonds. The molecule has 7 heteroatoms. The molecule has 0 aliphatic heterocycles. The van der Waals surface area contributed by atoms with Crippen LogP contribution in [0.3, 0.4) is 0 Å². The summed E-state index contributed by atoms with van der Waals surface area (Å²) in [5.74, 6) is -0.523. The zero-order chi connectivity index (χ0) is 13.5. The van der Waals surface area contributed by atoms with Crippen molar-refractivity contribution in [2.75, 3.05) is 18.4 Å². The van der Waals surface area contributed by atoms with Crippen LogP contribution in [0.15, 0.2) is 16.5 Å². The predicted molar refractivity (Wildman–Crippen MR) is 64.0 cm³/mol. The van der Waals surface area contributed by atoms with Crippen molar-refractivity contribution < 1.29 is 18.8 Å². The first-order valence-corrected chi connectivity index (χ1v) is 5.39. The van der Waals surface area contributed by atoms with E-state index in [0.717, 1.165) is 0 Å². The molecule has 3 N–H and O–H groups in total. The van der Waals surface area contributed by atoms with E-state index >= 15 is 0 Å². The van der Waals surface area contributed by atoms with Crippen LogP contribution in [0.25, 0.3) is 0 Å². The molecule has 7 nitrogen and oxygen atoms in total. The third-order valence-electron chi connectivity index (χ3n) is 1.91. The first kappa shape index (κ1) is 13.8. The van der Waals surface area contributed by atoms with E-state index in [9.17, 15) is 14.4 Å². The monoisotopic (exact) mass is 253 g/mol. The van der Waals surface area contributed by atoms with E-state index in [4.69, 9.17) is 4.42 Å². The highest BCUT2D eigenvalue weighted by atomic mass is 16.4. The number of rotatable bonds is 5. The van der Waals surface area contributed by atoms with Crippen molar-refractivity contribution in [2.45, 2.75) is 13.8 Å². The molecule has 0 saturated carbocycles. The van der Waals surface area contributed by atoms with E-state index in [2.05, 4.69) is 16.0 Å². The summed E-state index contributed by atoms with van der Waals surface area (Å²) in [5.41, 5.74) is 0. The number of anilines is 1. The number of amides is 3. The van der Waals surface area contributed by atoms with Crippen molar-refractivity contribution in [3.8, 4) is 0 Å². The maximum atomic E-state index is 11.6. The Morgan fingerprint density at radius 2 is 1.72 bits per heavy atom. The summed E-state index contributed by atoms with van der Waals surface area (Å²) in [6.07, 6.45) is 0. The van der Waals surface area contributed by atoms with Gasteiger partial charge in [-0.05, 0) is 6.07 Å². The molecular weight excluding hydrogens is 238 g/mol. The summed E-state index contributed by atoms with van der Waals surface area (Å²) in [6, 6.07) is 2.95. The van der Waals surface area contributed by atoms with Gasteiger partial charge in [-0.1, -0.05) is 0 Å². The van der Waals surface area contributed by atoms with Gasteiger partial charge in [0.15, 0.2) is 11.6 Å².